The fourth-order valence-corrected chi connectivity index (χ4v) is 4.65. The molecule has 8 nitrogen and oxygen atoms in total. The highest BCUT2D eigenvalue weighted by Crippen LogP contribution is 2.36. The number of rotatable bonds is 7. The topological polar surface area (TPSA) is 127 Å². The highest BCUT2D eigenvalue weighted by Gasteiger charge is 2.38. The predicted octanol–water partition coefficient (Wildman–Crippen LogP) is 3.89. The first-order valence-electron chi connectivity index (χ1n) is 9.42. The van der Waals surface area contributed by atoms with Gasteiger partial charge in [0.25, 0.3) is 0 Å². The van der Waals surface area contributed by atoms with Gasteiger partial charge in [-0.15, -0.1) is 0 Å². The quantitative estimate of drug-likeness (QED) is 0.575. The zero-order chi connectivity index (χ0) is 24.2. The van der Waals surface area contributed by atoms with E-state index in [0.29, 0.717) is 0 Å². The van der Waals surface area contributed by atoms with Crippen LogP contribution < -0.4 is 5.32 Å². The summed E-state index contributed by atoms with van der Waals surface area (Å²) in [6.07, 6.45) is -1.80. The van der Waals surface area contributed by atoms with Crippen LogP contribution in [0.15, 0.2) is 45.2 Å². The summed E-state index contributed by atoms with van der Waals surface area (Å²) in [5.74, 6) is -2.30. The molecule has 0 spiro atoms. The lowest BCUT2D eigenvalue weighted by Crippen LogP contribution is -2.46. The second kappa shape index (κ2) is 9.82. The van der Waals surface area contributed by atoms with Crippen molar-refractivity contribution in [2.45, 2.75) is 64.5 Å². The third-order valence-corrected chi connectivity index (χ3v) is 6.24. The molecule has 0 fully saturated rings. The minimum Gasteiger partial charge on any atom is -0.481 e. The molecule has 0 unspecified atom stereocenters. The Balaban J connectivity index is 3.53. The van der Waals surface area contributed by atoms with E-state index in [1.807, 2.05) is 0 Å². The zero-order valence-corrected chi connectivity index (χ0v) is 19.9. The van der Waals surface area contributed by atoms with E-state index in [9.17, 15) is 27.9 Å². The number of nitrogens with one attached hydrogen (secondary N) is 1. The molecule has 1 amide bonds. The molecule has 31 heavy (non-hydrogen) atoms. The van der Waals surface area contributed by atoms with Crippen molar-refractivity contribution in [3.05, 3.63) is 40.3 Å². The van der Waals surface area contributed by atoms with Crippen LogP contribution in [0.1, 0.15) is 48.0 Å². The van der Waals surface area contributed by atoms with Gasteiger partial charge in [0.1, 0.15) is 16.0 Å². The van der Waals surface area contributed by atoms with Crippen LogP contribution in [0.4, 0.5) is 4.79 Å². The highest BCUT2D eigenvalue weighted by molar-refractivity contribution is 7.97. The molecule has 0 radical (unpaired) electrons. The Morgan fingerprint density at radius 3 is 2.00 bits per heavy atom. The summed E-state index contributed by atoms with van der Waals surface area (Å²) in [5.41, 5.74) is -2.29. The number of carbonyl (C=O) groups excluding carboxylic acids is 2. The molecular weight excluding hydrogens is 446 g/mol. The molecule has 0 aliphatic rings. The fraction of sp³-hybridized carbons (Fsp3) is 0.476. The van der Waals surface area contributed by atoms with Gasteiger partial charge in [-0.25, -0.2) is 13.2 Å². The smallest absolute Gasteiger partial charge is 0.408 e. The van der Waals surface area contributed by atoms with Crippen LogP contribution >= 0.6 is 11.6 Å². The van der Waals surface area contributed by atoms with Gasteiger partial charge in [0, 0.05) is 5.57 Å². The van der Waals surface area contributed by atoms with Gasteiger partial charge in [-0.1, -0.05) is 50.6 Å². The number of benzene rings is 1. The molecule has 0 saturated heterocycles. The number of Topliss-reactive ketones (excluding diaryl/α,β-unsaturated/α-hetero) is 1. The third-order valence-electron chi connectivity index (χ3n) is 3.87. The van der Waals surface area contributed by atoms with Gasteiger partial charge in [0.2, 0.25) is 9.84 Å². The highest BCUT2D eigenvalue weighted by atomic mass is 35.5. The van der Waals surface area contributed by atoms with Gasteiger partial charge in [-0.2, -0.15) is 0 Å². The van der Waals surface area contributed by atoms with Crippen molar-refractivity contribution in [1.82, 2.24) is 5.32 Å². The third kappa shape index (κ3) is 7.66. The maximum Gasteiger partial charge on any atom is 0.408 e. The van der Waals surface area contributed by atoms with Crippen LogP contribution in [0.5, 0.6) is 0 Å². The van der Waals surface area contributed by atoms with E-state index in [2.05, 4.69) is 5.32 Å². The van der Waals surface area contributed by atoms with Crippen LogP contribution in [-0.4, -0.2) is 43.0 Å². The van der Waals surface area contributed by atoms with Crippen LogP contribution in [0.3, 0.4) is 0 Å². The largest absolute Gasteiger partial charge is 0.481 e. The molecule has 0 aromatic heterocycles. The number of amides is 1. The van der Waals surface area contributed by atoms with Crippen LogP contribution in [0.2, 0.25) is 0 Å². The van der Waals surface area contributed by atoms with Crippen molar-refractivity contribution in [2.24, 2.45) is 5.41 Å². The minimum absolute atomic E-state index is 0.121. The number of sulfone groups is 1. The van der Waals surface area contributed by atoms with E-state index in [0.717, 1.165) is 0 Å². The average molecular weight is 474 g/mol. The summed E-state index contributed by atoms with van der Waals surface area (Å²) in [6.45, 7) is 9.50. The molecule has 172 valence electrons. The maximum atomic E-state index is 13.3. The number of hydrogen-bond acceptors (Lipinski definition) is 6. The van der Waals surface area contributed by atoms with Gasteiger partial charge < -0.3 is 15.2 Å². The number of carboxylic acid groups (broad SMARTS) is 1. The van der Waals surface area contributed by atoms with E-state index in [1.165, 1.54) is 24.3 Å². The summed E-state index contributed by atoms with van der Waals surface area (Å²) in [6, 6.07) is 5.72. The van der Waals surface area contributed by atoms with Crippen molar-refractivity contribution < 1.29 is 32.6 Å². The number of ketones is 1. The summed E-state index contributed by atoms with van der Waals surface area (Å²) in [7, 11) is -4.25. The molecule has 0 aliphatic carbocycles. The van der Waals surface area contributed by atoms with E-state index in [-0.39, 0.29) is 10.5 Å². The normalized spacial score (nSPS) is 14.3. The molecule has 10 heteroatoms. The van der Waals surface area contributed by atoms with Crippen molar-refractivity contribution in [3.63, 3.8) is 0 Å². The molecule has 1 aromatic carbocycles. The first-order valence-corrected chi connectivity index (χ1v) is 11.3. The summed E-state index contributed by atoms with van der Waals surface area (Å²) < 4.78 is 30.4. The number of ether oxygens (including phenoxy) is 1. The Morgan fingerprint density at radius 2 is 1.58 bits per heavy atom. The molecule has 1 atom stereocenters. The predicted molar refractivity (Wildman–Crippen MR) is 116 cm³/mol. The standard InChI is InChI=1S/C21H28ClNO7S/c1-20(2,3)16(18(22)31(28,29)13-10-8-7-9-11-13)17(26)14(12-15(24)25)23-19(27)30-21(4,5)6/h7-11,14H,12H2,1-6H3,(H,23,27)(H,24,25)/t14-/m0/s1. The van der Waals surface area contributed by atoms with E-state index in [4.69, 9.17) is 16.3 Å². The second-order valence-corrected chi connectivity index (χ2v) is 11.4. The number of aliphatic carboxylic acids is 1. The van der Waals surface area contributed by atoms with Crippen LogP contribution in [0, 0.1) is 5.41 Å². The number of hydrogen-bond donors (Lipinski definition) is 2. The number of alkyl carbamates (subject to hydrolysis) is 1. The molecule has 1 aromatic rings. The van der Waals surface area contributed by atoms with Crippen molar-refractivity contribution in [2.75, 3.05) is 0 Å². The Morgan fingerprint density at radius 1 is 1.06 bits per heavy atom. The van der Waals surface area contributed by atoms with Gasteiger partial charge in [0.05, 0.1) is 11.3 Å². The Hall–Kier alpha value is -2.39. The van der Waals surface area contributed by atoms with E-state index < -0.39 is 55.5 Å². The van der Waals surface area contributed by atoms with Crippen LogP contribution in [0.25, 0.3) is 0 Å². The van der Waals surface area contributed by atoms with Crippen molar-refractivity contribution in [1.29, 1.82) is 0 Å². The second-order valence-electron chi connectivity index (χ2n) is 8.88. The van der Waals surface area contributed by atoms with E-state index >= 15 is 0 Å². The van der Waals surface area contributed by atoms with Gasteiger partial charge in [-0.3, -0.25) is 9.59 Å². The Kier molecular flexibility index (Phi) is 8.44. The molecule has 0 saturated carbocycles. The molecule has 1 rings (SSSR count). The first-order chi connectivity index (χ1) is 14.0. The van der Waals surface area contributed by atoms with Crippen LogP contribution in [-0.2, 0) is 24.2 Å². The molecule has 0 heterocycles. The Bertz CT molecular complexity index is 971. The number of halogens is 1. The maximum absolute atomic E-state index is 13.3. The molecule has 0 bridgehead atoms. The lowest BCUT2D eigenvalue weighted by Gasteiger charge is -2.28. The minimum atomic E-state index is -4.25. The lowest BCUT2D eigenvalue weighted by atomic mass is 9.82. The number of carboxylic acids is 1. The van der Waals surface area contributed by atoms with E-state index in [1.54, 1.807) is 47.6 Å². The zero-order valence-electron chi connectivity index (χ0n) is 18.4. The molecule has 0 aliphatic heterocycles. The van der Waals surface area contributed by atoms with Gasteiger partial charge in [-0.05, 0) is 38.3 Å². The summed E-state index contributed by atoms with van der Waals surface area (Å²) in [5, 5.41) is 11.5. The van der Waals surface area contributed by atoms with Crippen molar-refractivity contribution >= 4 is 39.3 Å². The average Bonchev–Trinajstić information content (AvgIpc) is 2.58. The first kappa shape index (κ1) is 26.6. The SMILES string of the molecule is CC(C)(C)OC(=O)N[C@@H](CC(=O)O)C(=O)C(=C(Cl)S(=O)(=O)c1ccccc1)C(C)(C)C. The molecule has 2 N–H and O–H groups in total. The lowest BCUT2D eigenvalue weighted by molar-refractivity contribution is -0.139. The van der Waals surface area contributed by atoms with Gasteiger partial charge in [0.15, 0.2) is 5.78 Å². The van der Waals surface area contributed by atoms with Crippen molar-refractivity contribution in [3.8, 4) is 0 Å². The monoisotopic (exact) mass is 473 g/mol. The van der Waals surface area contributed by atoms with Gasteiger partial charge >= 0.3 is 12.1 Å². The summed E-state index contributed by atoms with van der Waals surface area (Å²) in [4.78, 5) is 36.7. The fourth-order valence-electron chi connectivity index (χ4n) is 2.61. The Labute approximate surface area is 187 Å². The summed E-state index contributed by atoms with van der Waals surface area (Å²) >= 11 is 6.26. The molecular formula is C21H28ClNO7S. The number of carbonyl (C=O) groups is 3.